The van der Waals surface area contributed by atoms with Gasteiger partial charge in [-0.3, -0.25) is 9.36 Å². The second kappa shape index (κ2) is 11.4. The molecule has 2 aliphatic rings. The molecule has 0 unspecified atom stereocenters. The molecule has 3 aromatic rings. The van der Waals surface area contributed by atoms with E-state index in [0.29, 0.717) is 74.5 Å². The molecule has 12 heteroatoms. The summed E-state index contributed by atoms with van der Waals surface area (Å²) in [6, 6.07) is 2.82. The van der Waals surface area contributed by atoms with E-state index in [0.717, 1.165) is 6.42 Å². The highest BCUT2D eigenvalue weighted by atomic mass is 35.5. The maximum absolute atomic E-state index is 14.9. The fraction of sp³-hybridized carbons (Fsp3) is 0.556. The highest BCUT2D eigenvalue weighted by Gasteiger charge is 2.40. The molecule has 5 rings (SSSR count). The lowest BCUT2D eigenvalue weighted by Crippen LogP contribution is -2.36. The first-order valence-corrected chi connectivity index (χ1v) is 14.1. The minimum atomic E-state index is -0.591. The molecule has 0 amide bonds. The number of ether oxygens (including phenoxy) is 2. The topological polar surface area (TPSA) is 103 Å². The van der Waals surface area contributed by atoms with Crippen LogP contribution in [0.2, 0.25) is 10.0 Å². The van der Waals surface area contributed by atoms with Crippen molar-refractivity contribution in [2.24, 2.45) is 11.3 Å². The molecule has 9 nitrogen and oxygen atoms in total. The van der Waals surface area contributed by atoms with Gasteiger partial charge in [-0.1, -0.05) is 30.1 Å². The molecule has 39 heavy (non-hydrogen) atoms. The molecule has 1 aromatic carbocycles. The minimum Gasteiger partial charge on any atom is -0.466 e. The first-order valence-electron chi connectivity index (χ1n) is 13.4. The summed E-state index contributed by atoms with van der Waals surface area (Å²) in [4.78, 5) is 26.7. The number of carbonyl (C=O) groups is 1. The number of carbonyl (C=O) groups excluding carboxylic acids is 1. The van der Waals surface area contributed by atoms with Crippen LogP contribution in [-0.2, 0) is 14.3 Å². The molecule has 2 atom stereocenters. The van der Waals surface area contributed by atoms with Crippen molar-refractivity contribution in [1.29, 1.82) is 0 Å². The fourth-order valence-electron chi connectivity index (χ4n) is 5.44. The monoisotopic (exact) mass is 578 g/mol. The van der Waals surface area contributed by atoms with Gasteiger partial charge in [-0.2, -0.15) is 4.98 Å². The van der Waals surface area contributed by atoms with Crippen LogP contribution in [-0.4, -0.2) is 51.4 Å². The zero-order valence-corrected chi connectivity index (χ0v) is 23.8. The van der Waals surface area contributed by atoms with Crippen molar-refractivity contribution >= 4 is 57.9 Å². The number of nitrogens with zero attached hydrogens (tertiary/aromatic N) is 4. The average molecular weight is 580 g/mol. The van der Waals surface area contributed by atoms with Gasteiger partial charge in [0.1, 0.15) is 11.3 Å². The van der Waals surface area contributed by atoms with Gasteiger partial charge >= 0.3 is 5.97 Å². The molecule has 2 aromatic heterocycles. The average Bonchev–Trinajstić information content (AvgIpc) is 3.25. The van der Waals surface area contributed by atoms with Crippen LogP contribution in [0.1, 0.15) is 58.9 Å². The zero-order chi connectivity index (χ0) is 27.7. The number of imidazole rings is 1. The molecule has 1 aliphatic heterocycles. The summed E-state index contributed by atoms with van der Waals surface area (Å²) in [6.45, 7) is 7.62. The molecule has 1 saturated heterocycles. The second-order valence-electron chi connectivity index (χ2n) is 10.7. The van der Waals surface area contributed by atoms with Gasteiger partial charge in [-0.15, -0.1) is 0 Å². The van der Waals surface area contributed by atoms with Gasteiger partial charge in [0.25, 0.3) is 0 Å². The number of benzene rings is 1. The van der Waals surface area contributed by atoms with E-state index in [1.165, 1.54) is 12.1 Å². The molecule has 0 spiro atoms. The summed E-state index contributed by atoms with van der Waals surface area (Å²) >= 11 is 12.3. The summed E-state index contributed by atoms with van der Waals surface area (Å²) in [6.07, 6.45) is 5.19. The van der Waals surface area contributed by atoms with Gasteiger partial charge < -0.3 is 20.1 Å². The van der Waals surface area contributed by atoms with Crippen LogP contribution in [0.4, 0.5) is 22.0 Å². The van der Waals surface area contributed by atoms with E-state index in [1.54, 1.807) is 6.20 Å². The van der Waals surface area contributed by atoms with E-state index in [2.05, 4.69) is 22.5 Å². The Bertz CT molecular complexity index is 1340. The van der Waals surface area contributed by atoms with Crippen LogP contribution in [0, 0.1) is 17.2 Å². The molecular formula is C27H33Cl2FN6O3. The van der Waals surface area contributed by atoms with Crippen molar-refractivity contribution in [2.75, 3.05) is 30.5 Å². The number of esters is 1. The SMILES string of the molecule is CCOC(=O)[C@]1(C)CC[C@H](n2c(Nc3c(F)cc(Cl)cc3Cl)nc3cnc(N[C@@H]4CCOC[C@H]4C)nc32)CC1. The van der Waals surface area contributed by atoms with Crippen molar-refractivity contribution in [3.63, 3.8) is 0 Å². The summed E-state index contributed by atoms with van der Waals surface area (Å²) in [7, 11) is 0. The summed E-state index contributed by atoms with van der Waals surface area (Å²) in [5.74, 6) is 0.438. The van der Waals surface area contributed by atoms with E-state index < -0.39 is 11.2 Å². The van der Waals surface area contributed by atoms with Gasteiger partial charge in [0.05, 0.1) is 35.5 Å². The number of aromatic nitrogens is 4. The number of rotatable bonds is 7. The molecule has 0 bridgehead atoms. The fourth-order valence-corrected chi connectivity index (χ4v) is 5.95. The molecule has 2 fully saturated rings. The smallest absolute Gasteiger partial charge is 0.311 e. The van der Waals surface area contributed by atoms with Crippen LogP contribution in [0.3, 0.4) is 0 Å². The maximum atomic E-state index is 14.9. The highest BCUT2D eigenvalue weighted by Crippen LogP contribution is 2.44. The third-order valence-electron chi connectivity index (χ3n) is 7.82. The maximum Gasteiger partial charge on any atom is 0.311 e. The van der Waals surface area contributed by atoms with E-state index in [9.17, 15) is 9.18 Å². The van der Waals surface area contributed by atoms with Gasteiger partial charge in [0.15, 0.2) is 5.65 Å². The van der Waals surface area contributed by atoms with Crippen LogP contribution >= 0.6 is 23.2 Å². The Balaban J connectivity index is 1.51. The lowest BCUT2D eigenvalue weighted by atomic mass is 9.74. The number of hydrogen-bond acceptors (Lipinski definition) is 8. The van der Waals surface area contributed by atoms with Crippen molar-refractivity contribution in [1.82, 2.24) is 19.5 Å². The van der Waals surface area contributed by atoms with Crippen molar-refractivity contribution in [3.8, 4) is 0 Å². The number of fused-ring (bicyclic) bond motifs is 1. The molecule has 3 heterocycles. The minimum absolute atomic E-state index is 0.0427. The standard InChI is InChI=1S/C27H33Cl2FN6O3/c1-4-39-24(37)27(3)8-5-17(6-9-27)36-23-21(13-31-25(35-23)32-20-7-10-38-14-15(20)2)33-26(36)34-22-18(29)11-16(28)12-19(22)30/h11-13,15,17,20H,4-10,14H2,1-3H3,(H,33,34)(H,31,32,35)/t15-,17-,20-,27+/m1/s1. The van der Waals surface area contributed by atoms with E-state index >= 15 is 0 Å². The van der Waals surface area contributed by atoms with E-state index in [1.807, 2.05) is 18.4 Å². The summed E-state index contributed by atoms with van der Waals surface area (Å²) in [5, 5.41) is 6.88. The number of hydrogen-bond donors (Lipinski definition) is 2. The summed E-state index contributed by atoms with van der Waals surface area (Å²) < 4.78 is 27.8. The Hall–Kier alpha value is -2.69. The molecule has 0 radical (unpaired) electrons. The van der Waals surface area contributed by atoms with Gasteiger partial charge in [-0.05, 0) is 64.0 Å². The molecule has 2 N–H and O–H groups in total. The number of anilines is 3. The largest absolute Gasteiger partial charge is 0.466 e. The predicted octanol–water partition coefficient (Wildman–Crippen LogP) is 6.54. The van der Waals surface area contributed by atoms with Crippen molar-refractivity contribution in [3.05, 3.63) is 34.2 Å². The summed E-state index contributed by atoms with van der Waals surface area (Å²) in [5.41, 5.74) is 0.701. The quantitative estimate of drug-likeness (QED) is 0.305. The normalized spacial score (nSPS) is 25.4. The second-order valence-corrected chi connectivity index (χ2v) is 11.5. The first kappa shape index (κ1) is 27.9. The van der Waals surface area contributed by atoms with E-state index in [4.69, 9.17) is 42.6 Å². The lowest BCUT2D eigenvalue weighted by molar-refractivity contribution is -0.156. The lowest BCUT2D eigenvalue weighted by Gasteiger charge is -2.36. The Labute approximate surface area is 236 Å². The van der Waals surface area contributed by atoms with Crippen molar-refractivity contribution in [2.45, 2.75) is 65.0 Å². The van der Waals surface area contributed by atoms with Gasteiger partial charge in [0.2, 0.25) is 11.9 Å². The van der Waals surface area contributed by atoms with Crippen LogP contribution < -0.4 is 10.6 Å². The number of halogens is 3. The van der Waals surface area contributed by atoms with Crippen LogP contribution in [0.25, 0.3) is 11.2 Å². The van der Waals surface area contributed by atoms with Gasteiger partial charge in [0, 0.05) is 23.7 Å². The Morgan fingerprint density at radius 1 is 1.26 bits per heavy atom. The third-order valence-corrected chi connectivity index (χ3v) is 8.34. The Morgan fingerprint density at radius 2 is 2.03 bits per heavy atom. The van der Waals surface area contributed by atoms with Gasteiger partial charge in [-0.25, -0.2) is 14.4 Å². The molecular weight excluding hydrogens is 546 g/mol. The number of nitrogens with one attached hydrogen (secondary N) is 2. The zero-order valence-electron chi connectivity index (χ0n) is 22.3. The molecule has 1 aliphatic carbocycles. The van der Waals surface area contributed by atoms with Crippen LogP contribution in [0.15, 0.2) is 18.3 Å². The highest BCUT2D eigenvalue weighted by molar-refractivity contribution is 6.36. The molecule has 210 valence electrons. The predicted molar refractivity (Wildman–Crippen MR) is 149 cm³/mol. The molecule has 1 saturated carbocycles. The first-order chi connectivity index (χ1) is 18.7. The van der Waals surface area contributed by atoms with E-state index in [-0.39, 0.29) is 33.8 Å². The Kier molecular flexibility index (Phi) is 8.16. The van der Waals surface area contributed by atoms with Crippen molar-refractivity contribution < 1.29 is 18.7 Å². The third kappa shape index (κ3) is 5.78. The van der Waals surface area contributed by atoms with Crippen LogP contribution in [0.5, 0.6) is 0 Å². The Morgan fingerprint density at radius 3 is 2.72 bits per heavy atom.